The van der Waals surface area contributed by atoms with E-state index in [0.29, 0.717) is 6.20 Å². The zero-order valence-electron chi connectivity index (χ0n) is 14.7. The molecule has 1 N–H and O–H groups in total. The molecule has 2 aromatic rings. The predicted molar refractivity (Wildman–Crippen MR) is 91.5 cm³/mol. The van der Waals surface area contributed by atoms with E-state index in [9.17, 15) is 36.6 Å². The lowest BCUT2D eigenvalue weighted by Gasteiger charge is -2.16. The number of carbonyl (C=O) groups is 2. The second kappa shape index (κ2) is 8.19. The van der Waals surface area contributed by atoms with Crippen LogP contribution in [0.1, 0.15) is 16.1 Å². The van der Waals surface area contributed by atoms with Gasteiger partial charge < -0.3 is 14.5 Å². The molecule has 0 amide bonds. The third-order valence-electron chi connectivity index (χ3n) is 3.56. The Labute approximate surface area is 165 Å². The Morgan fingerprint density at radius 3 is 2.41 bits per heavy atom. The van der Waals surface area contributed by atoms with Crippen molar-refractivity contribution in [1.29, 1.82) is 0 Å². The normalized spacial score (nSPS) is 12.4. The van der Waals surface area contributed by atoms with Crippen LogP contribution in [0.3, 0.4) is 0 Å². The summed E-state index contributed by atoms with van der Waals surface area (Å²) >= 11 is 5.87. The second-order valence-electron chi connectivity index (χ2n) is 5.90. The maximum atomic E-state index is 14.2. The third-order valence-corrected chi connectivity index (χ3v) is 3.87. The highest BCUT2D eigenvalue weighted by Gasteiger charge is 2.51. The van der Waals surface area contributed by atoms with Gasteiger partial charge in [-0.05, 0) is 12.1 Å². The minimum Gasteiger partial charge on any atom is -0.477 e. The molecule has 0 saturated carbocycles. The van der Waals surface area contributed by atoms with Gasteiger partial charge in [0, 0.05) is 20.3 Å². The average molecular weight is 439 g/mol. The highest BCUT2D eigenvalue weighted by atomic mass is 35.5. The van der Waals surface area contributed by atoms with Crippen LogP contribution in [0, 0.1) is 5.82 Å². The van der Waals surface area contributed by atoms with Crippen LogP contribution in [0.5, 0.6) is 0 Å². The standard InChI is InChI=1S/C17H12ClF5N2O4/c1-25(2)6-7(14(26)17(22,23)16(20)21)13-11(15(27)28)12(24-29-13)10-8(18)4-3-5-9(10)19/h3-6,16H,1-2H3,(H,27,28)/b7-6-. The molecule has 2 rings (SSSR count). The smallest absolute Gasteiger partial charge is 0.369 e. The summed E-state index contributed by atoms with van der Waals surface area (Å²) in [6.45, 7) is 0. The van der Waals surface area contributed by atoms with Crippen LogP contribution in [0.25, 0.3) is 16.8 Å². The molecule has 0 saturated heterocycles. The summed E-state index contributed by atoms with van der Waals surface area (Å²) in [6.07, 6.45) is -3.70. The number of Topliss-reactive ketones (excluding diaryl/α,β-unsaturated/α-hetero) is 1. The van der Waals surface area contributed by atoms with Crippen molar-refractivity contribution in [3.8, 4) is 11.3 Å². The van der Waals surface area contributed by atoms with Crippen LogP contribution < -0.4 is 0 Å². The Hall–Kier alpha value is -2.95. The number of carbonyl (C=O) groups excluding carboxylic acids is 1. The molecule has 12 heteroatoms. The zero-order valence-corrected chi connectivity index (χ0v) is 15.5. The number of allylic oxidation sites excluding steroid dienone is 1. The first kappa shape index (κ1) is 22.3. The molecule has 1 aromatic heterocycles. The predicted octanol–water partition coefficient (Wildman–Crippen LogP) is 4.20. The van der Waals surface area contributed by atoms with Crippen LogP contribution in [0.4, 0.5) is 22.0 Å². The Bertz CT molecular complexity index is 968. The van der Waals surface area contributed by atoms with Gasteiger partial charge in [0.25, 0.3) is 0 Å². The maximum absolute atomic E-state index is 14.2. The van der Waals surface area contributed by atoms with Crippen molar-refractivity contribution in [2.45, 2.75) is 12.3 Å². The first-order valence-corrected chi connectivity index (χ1v) is 8.04. The molecule has 0 radical (unpaired) electrons. The molecule has 0 atom stereocenters. The molecule has 156 valence electrons. The van der Waals surface area contributed by atoms with Crippen molar-refractivity contribution in [1.82, 2.24) is 10.1 Å². The molecule has 0 fully saturated rings. The number of benzene rings is 1. The maximum Gasteiger partial charge on any atom is 0.369 e. The molecular formula is C17H12ClF5N2O4. The fourth-order valence-corrected chi connectivity index (χ4v) is 2.58. The number of halogens is 6. The first-order valence-electron chi connectivity index (χ1n) is 7.66. The number of ketones is 1. The molecule has 0 spiro atoms. The topological polar surface area (TPSA) is 83.6 Å². The number of rotatable bonds is 7. The van der Waals surface area contributed by atoms with Gasteiger partial charge in [-0.1, -0.05) is 22.8 Å². The van der Waals surface area contributed by atoms with Gasteiger partial charge >= 0.3 is 18.3 Å². The number of hydrogen-bond donors (Lipinski definition) is 1. The van der Waals surface area contributed by atoms with E-state index in [-0.39, 0.29) is 5.02 Å². The monoisotopic (exact) mass is 438 g/mol. The van der Waals surface area contributed by atoms with E-state index in [1.807, 2.05) is 0 Å². The number of aromatic carboxylic acids is 1. The average Bonchev–Trinajstić information content (AvgIpc) is 3.03. The van der Waals surface area contributed by atoms with Gasteiger partial charge in [-0.15, -0.1) is 0 Å². The number of nitrogens with zero attached hydrogens (tertiary/aromatic N) is 2. The Morgan fingerprint density at radius 1 is 1.31 bits per heavy atom. The molecule has 0 bridgehead atoms. The molecule has 0 aliphatic heterocycles. The summed E-state index contributed by atoms with van der Waals surface area (Å²) in [6, 6.07) is 3.34. The van der Waals surface area contributed by atoms with E-state index in [0.717, 1.165) is 11.0 Å². The number of carboxylic acids is 1. The summed E-state index contributed by atoms with van der Waals surface area (Å²) in [7, 11) is 2.53. The summed E-state index contributed by atoms with van der Waals surface area (Å²) in [5.41, 5.74) is -3.42. The fraction of sp³-hybridized carbons (Fsp3) is 0.235. The summed E-state index contributed by atoms with van der Waals surface area (Å²) < 4.78 is 71.6. The minimum atomic E-state index is -5.14. The summed E-state index contributed by atoms with van der Waals surface area (Å²) in [5.74, 6) is -11.4. The first-order chi connectivity index (χ1) is 13.4. The van der Waals surface area contributed by atoms with E-state index in [1.165, 1.54) is 26.2 Å². The lowest BCUT2D eigenvalue weighted by molar-refractivity contribution is -0.160. The lowest BCUT2D eigenvalue weighted by atomic mass is 9.98. The molecule has 1 aromatic carbocycles. The second-order valence-corrected chi connectivity index (χ2v) is 6.30. The van der Waals surface area contributed by atoms with Crippen molar-refractivity contribution in [3.05, 3.63) is 46.6 Å². The van der Waals surface area contributed by atoms with Gasteiger partial charge in [-0.2, -0.15) is 8.78 Å². The van der Waals surface area contributed by atoms with Gasteiger partial charge in [0.1, 0.15) is 17.1 Å². The SMILES string of the molecule is CN(C)/C=C(\C(=O)C(F)(F)C(F)F)c1onc(-c2c(F)cccc2Cl)c1C(=O)O. The Morgan fingerprint density at radius 2 is 1.93 bits per heavy atom. The van der Waals surface area contributed by atoms with Gasteiger partial charge in [-0.25, -0.2) is 18.0 Å². The third kappa shape index (κ3) is 4.24. The van der Waals surface area contributed by atoms with Crippen molar-refractivity contribution in [2.24, 2.45) is 0 Å². The van der Waals surface area contributed by atoms with E-state index in [2.05, 4.69) is 5.16 Å². The van der Waals surface area contributed by atoms with Gasteiger partial charge in [0.15, 0.2) is 5.76 Å². The van der Waals surface area contributed by atoms with E-state index >= 15 is 0 Å². The molecule has 29 heavy (non-hydrogen) atoms. The summed E-state index contributed by atoms with van der Waals surface area (Å²) in [4.78, 5) is 24.9. The minimum absolute atomic E-state index is 0.283. The van der Waals surface area contributed by atoms with Crippen LogP contribution in [0.2, 0.25) is 5.02 Å². The fourth-order valence-electron chi connectivity index (χ4n) is 2.32. The van der Waals surface area contributed by atoms with Crippen LogP contribution in [0.15, 0.2) is 28.9 Å². The number of carboxylic acid groups (broad SMARTS) is 1. The van der Waals surface area contributed by atoms with Crippen molar-refractivity contribution < 1.29 is 41.2 Å². The molecule has 0 aliphatic rings. The number of aromatic nitrogens is 1. The quantitative estimate of drug-likeness (QED) is 0.515. The van der Waals surface area contributed by atoms with E-state index in [4.69, 9.17) is 16.1 Å². The lowest BCUT2D eigenvalue weighted by Crippen LogP contribution is -2.37. The highest BCUT2D eigenvalue weighted by molar-refractivity contribution is 6.33. The van der Waals surface area contributed by atoms with Gasteiger partial charge in [0.05, 0.1) is 16.2 Å². The molecular weight excluding hydrogens is 427 g/mol. The molecule has 6 nitrogen and oxygen atoms in total. The zero-order chi connectivity index (χ0) is 22.1. The Balaban J connectivity index is 2.80. The van der Waals surface area contributed by atoms with Crippen molar-refractivity contribution in [3.63, 3.8) is 0 Å². The molecule has 0 aliphatic carbocycles. The van der Waals surface area contributed by atoms with E-state index < -0.39 is 58.1 Å². The van der Waals surface area contributed by atoms with Crippen LogP contribution >= 0.6 is 11.6 Å². The highest BCUT2D eigenvalue weighted by Crippen LogP contribution is 2.38. The van der Waals surface area contributed by atoms with Crippen LogP contribution in [-0.2, 0) is 4.79 Å². The number of hydrogen-bond acceptors (Lipinski definition) is 5. The summed E-state index contributed by atoms with van der Waals surface area (Å²) in [5, 5.41) is 12.6. The van der Waals surface area contributed by atoms with E-state index in [1.54, 1.807) is 0 Å². The van der Waals surface area contributed by atoms with Crippen LogP contribution in [-0.4, -0.2) is 53.4 Å². The van der Waals surface area contributed by atoms with Gasteiger partial charge in [0.2, 0.25) is 5.78 Å². The van der Waals surface area contributed by atoms with Crippen molar-refractivity contribution in [2.75, 3.05) is 14.1 Å². The van der Waals surface area contributed by atoms with Gasteiger partial charge in [-0.3, -0.25) is 4.79 Å². The Kier molecular flexibility index (Phi) is 6.31. The largest absolute Gasteiger partial charge is 0.477 e. The molecule has 1 heterocycles. The molecule has 0 unspecified atom stereocenters. The number of alkyl halides is 4. The van der Waals surface area contributed by atoms with Crippen molar-refractivity contribution >= 4 is 28.9 Å².